The number of para-hydroxylation sites is 1. The van der Waals surface area contributed by atoms with Crippen LogP contribution in [0.5, 0.6) is 0 Å². The van der Waals surface area contributed by atoms with Gasteiger partial charge in [-0.1, -0.05) is 12.1 Å². The molecule has 2 rings (SSSR count). The fourth-order valence-electron chi connectivity index (χ4n) is 2.41. The number of carboxylic acids is 1. The Morgan fingerprint density at radius 3 is 2.67 bits per heavy atom. The van der Waals surface area contributed by atoms with E-state index in [0.29, 0.717) is 5.56 Å². The predicted octanol–water partition coefficient (Wildman–Crippen LogP) is 1.92. The van der Waals surface area contributed by atoms with Crippen molar-refractivity contribution in [1.82, 2.24) is 4.90 Å². The van der Waals surface area contributed by atoms with E-state index >= 15 is 0 Å². The van der Waals surface area contributed by atoms with Crippen molar-refractivity contribution in [1.29, 1.82) is 0 Å². The van der Waals surface area contributed by atoms with Crippen molar-refractivity contribution in [3.63, 3.8) is 0 Å². The number of hydrogen-bond donors (Lipinski definition) is 1. The highest BCUT2D eigenvalue weighted by molar-refractivity contribution is 5.94. The van der Waals surface area contributed by atoms with Gasteiger partial charge in [0.05, 0.1) is 11.3 Å². The smallest absolute Gasteiger partial charge is 0.337 e. The van der Waals surface area contributed by atoms with Crippen LogP contribution in [0.25, 0.3) is 0 Å². The normalized spacial score (nSPS) is 15.8. The maximum absolute atomic E-state index is 11.1. The minimum Gasteiger partial charge on any atom is -0.478 e. The molecule has 1 aliphatic heterocycles. The summed E-state index contributed by atoms with van der Waals surface area (Å²) in [6.45, 7) is 4.22. The molecule has 18 heavy (non-hydrogen) atoms. The van der Waals surface area contributed by atoms with Crippen LogP contribution >= 0.6 is 0 Å². The Balaban J connectivity index is 1.99. The standard InChI is InChI=1S/C14H20N2O2/c1-15(10-11-16-8-4-5-9-16)13-7-3-2-6-12(13)14(17)18/h2-3,6-7H,4-5,8-11H2,1H3,(H,17,18). The molecular formula is C14H20N2O2. The summed E-state index contributed by atoms with van der Waals surface area (Å²) in [6.07, 6.45) is 2.57. The molecule has 0 spiro atoms. The summed E-state index contributed by atoms with van der Waals surface area (Å²) in [7, 11) is 1.96. The van der Waals surface area contributed by atoms with Gasteiger partial charge in [0.1, 0.15) is 0 Å². The van der Waals surface area contributed by atoms with E-state index in [2.05, 4.69) is 4.90 Å². The molecule has 1 heterocycles. The number of nitrogens with zero attached hydrogens (tertiary/aromatic N) is 2. The minimum absolute atomic E-state index is 0.376. The van der Waals surface area contributed by atoms with Gasteiger partial charge in [0, 0.05) is 20.1 Å². The number of rotatable bonds is 5. The quantitative estimate of drug-likeness (QED) is 0.864. The highest BCUT2D eigenvalue weighted by Crippen LogP contribution is 2.19. The molecular weight excluding hydrogens is 228 g/mol. The van der Waals surface area contributed by atoms with E-state index in [1.807, 2.05) is 24.1 Å². The second kappa shape index (κ2) is 5.87. The second-order valence-corrected chi connectivity index (χ2v) is 4.79. The van der Waals surface area contributed by atoms with Crippen molar-refractivity contribution in [3.8, 4) is 0 Å². The highest BCUT2D eigenvalue weighted by atomic mass is 16.4. The lowest BCUT2D eigenvalue weighted by molar-refractivity contribution is 0.0697. The van der Waals surface area contributed by atoms with Crippen LogP contribution in [0.2, 0.25) is 0 Å². The zero-order chi connectivity index (χ0) is 13.0. The number of aromatic carboxylic acids is 1. The highest BCUT2D eigenvalue weighted by Gasteiger charge is 2.15. The van der Waals surface area contributed by atoms with Crippen molar-refractivity contribution in [2.75, 3.05) is 38.1 Å². The van der Waals surface area contributed by atoms with Gasteiger partial charge >= 0.3 is 5.97 Å². The van der Waals surface area contributed by atoms with Gasteiger partial charge < -0.3 is 14.9 Å². The van der Waals surface area contributed by atoms with Crippen LogP contribution in [0.15, 0.2) is 24.3 Å². The number of carboxylic acid groups (broad SMARTS) is 1. The van der Waals surface area contributed by atoms with Gasteiger partial charge in [0.25, 0.3) is 0 Å². The molecule has 4 heteroatoms. The van der Waals surface area contributed by atoms with E-state index in [4.69, 9.17) is 5.11 Å². The summed E-state index contributed by atoms with van der Waals surface area (Å²) in [5.74, 6) is -0.862. The maximum Gasteiger partial charge on any atom is 0.337 e. The van der Waals surface area contributed by atoms with Crippen LogP contribution in [0.1, 0.15) is 23.2 Å². The van der Waals surface area contributed by atoms with E-state index in [-0.39, 0.29) is 0 Å². The molecule has 0 amide bonds. The molecule has 0 radical (unpaired) electrons. The monoisotopic (exact) mass is 248 g/mol. The Hall–Kier alpha value is -1.55. The maximum atomic E-state index is 11.1. The summed E-state index contributed by atoms with van der Waals surface area (Å²) < 4.78 is 0. The first-order valence-corrected chi connectivity index (χ1v) is 6.44. The lowest BCUT2D eigenvalue weighted by Gasteiger charge is -2.24. The molecule has 1 N–H and O–H groups in total. The number of likely N-dealkylation sites (tertiary alicyclic amines) is 1. The van der Waals surface area contributed by atoms with Crippen LogP contribution < -0.4 is 4.90 Å². The summed E-state index contributed by atoms with van der Waals surface area (Å²) in [5, 5.41) is 9.16. The SMILES string of the molecule is CN(CCN1CCCC1)c1ccccc1C(=O)O. The molecule has 4 nitrogen and oxygen atoms in total. The van der Waals surface area contributed by atoms with E-state index in [1.165, 1.54) is 25.9 Å². The average molecular weight is 248 g/mol. The van der Waals surface area contributed by atoms with Crippen molar-refractivity contribution in [3.05, 3.63) is 29.8 Å². The van der Waals surface area contributed by atoms with E-state index in [0.717, 1.165) is 18.8 Å². The summed E-state index contributed by atoms with van der Waals surface area (Å²) >= 11 is 0. The Morgan fingerprint density at radius 1 is 1.33 bits per heavy atom. The number of carbonyl (C=O) groups is 1. The predicted molar refractivity (Wildman–Crippen MR) is 72.3 cm³/mol. The zero-order valence-corrected chi connectivity index (χ0v) is 10.8. The molecule has 1 fully saturated rings. The van der Waals surface area contributed by atoms with Crippen LogP contribution in [0.4, 0.5) is 5.69 Å². The van der Waals surface area contributed by atoms with Gasteiger partial charge in [0.15, 0.2) is 0 Å². The molecule has 0 saturated carbocycles. The first-order valence-electron chi connectivity index (χ1n) is 6.44. The number of hydrogen-bond acceptors (Lipinski definition) is 3. The molecule has 0 aromatic heterocycles. The van der Waals surface area contributed by atoms with Crippen molar-refractivity contribution in [2.24, 2.45) is 0 Å². The molecule has 0 aliphatic carbocycles. The molecule has 1 saturated heterocycles. The van der Waals surface area contributed by atoms with Gasteiger partial charge in [-0.2, -0.15) is 0 Å². The Labute approximate surface area is 108 Å². The Bertz CT molecular complexity index is 414. The number of likely N-dealkylation sites (N-methyl/N-ethyl adjacent to an activating group) is 1. The van der Waals surface area contributed by atoms with Gasteiger partial charge in [-0.3, -0.25) is 0 Å². The third-order valence-electron chi connectivity index (χ3n) is 3.50. The number of anilines is 1. The van der Waals surface area contributed by atoms with E-state index in [9.17, 15) is 4.79 Å². The van der Waals surface area contributed by atoms with Gasteiger partial charge in [0.2, 0.25) is 0 Å². The Kier molecular flexibility index (Phi) is 4.20. The lowest BCUT2D eigenvalue weighted by Crippen LogP contribution is -2.32. The molecule has 1 aromatic carbocycles. The molecule has 98 valence electrons. The lowest BCUT2D eigenvalue weighted by atomic mass is 10.1. The third-order valence-corrected chi connectivity index (χ3v) is 3.50. The van der Waals surface area contributed by atoms with Crippen molar-refractivity contribution >= 4 is 11.7 Å². The van der Waals surface area contributed by atoms with Crippen molar-refractivity contribution in [2.45, 2.75) is 12.8 Å². The average Bonchev–Trinajstić information content (AvgIpc) is 2.89. The van der Waals surface area contributed by atoms with Crippen molar-refractivity contribution < 1.29 is 9.90 Å². The largest absolute Gasteiger partial charge is 0.478 e. The fourth-order valence-corrected chi connectivity index (χ4v) is 2.41. The summed E-state index contributed by atoms with van der Waals surface area (Å²) in [4.78, 5) is 15.6. The summed E-state index contributed by atoms with van der Waals surface area (Å²) in [5.41, 5.74) is 1.17. The molecule has 0 bridgehead atoms. The van der Waals surface area contributed by atoms with Gasteiger partial charge in [-0.05, 0) is 38.1 Å². The zero-order valence-electron chi connectivity index (χ0n) is 10.8. The summed E-state index contributed by atoms with van der Waals surface area (Å²) in [6, 6.07) is 7.17. The van der Waals surface area contributed by atoms with E-state index in [1.54, 1.807) is 12.1 Å². The third kappa shape index (κ3) is 3.01. The fraction of sp³-hybridized carbons (Fsp3) is 0.500. The Morgan fingerprint density at radius 2 is 2.00 bits per heavy atom. The molecule has 1 aromatic rings. The minimum atomic E-state index is -0.862. The van der Waals surface area contributed by atoms with Gasteiger partial charge in [-0.25, -0.2) is 4.79 Å². The van der Waals surface area contributed by atoms with E-state index < -0.39 is 5.97 Å². The van der Waals surface area contributed by atoms with Crippen LogP contribution in [-0.2, 0) is 0 Å². The van der Waals surface area contributed by atoms with Gasteiger partial charge in [-0.15, -0.1) is 0 Å². The van der Waals surface area contributed by atoms with Crippen LogP contribution in [-0.4, -0.2) is 49.2 Å². The number of benzene rings is 1. The van der Waals surface area contributed by atoms with Crippen LogP contribution in [0.3, 0.4) is 0 Å². The molecule has 0 unspecified atom stereocenters. The topological polar surface area (TPSA) is 43.8 Å². The second-order valence-electron chi connectivity index (χ2n) is 4.79. The van der Waals surface area contributed by atoms with Crippen LogP contribution in [0, 0.1) is 0 Å². The first kappa shape index (κ1) is 12.9. The molecule has 0 atom stereocenters. The first-order chi connectivity index (χ1) is 8.68. The molecule has 1 aliphatic rings.